The van der Waals surface area contributed by atoms with Gasteiger partial charge in [-0.05, 0) is 12.1 Å². The largest absolute Gasteiger partial charge is 0.337 e. The average Bonchev–Trinajstić information content (AvgIpc) is 3.14. The Morgan fingerprint density at radius 3 is 2.87 bits per heavy atom. The Labute approximate surface area is 130 Å². The highest BCUT2D eigenvalue weighted by Gasteiger charge is 2.30. The summed E-state index contributed by atoms with van der Waals surface area (Å²) in [6, 6.07) is 3.18. The number of rotatable bonds is 2. The number of carbonyl (C=O) groups excluding carboxylic acids is 2. The highest BCUT2D eigenvalue weighted by Crippen LogP contribution is 2.25. The van der Waals surface area contributed by atoms with Gasteiger partial charge in [0.1, 0.15) is 0 Å². The van der Waals surface area contributed by atoms with Crippen LogP contribution < -0.4 is 10.6 Å². The van der Waals surface area contributed by atoms with Gasteiger partial charge in [0.25, 0.3) is 0 Å². The molecule has 0 spiro atoms. The Bertz CT molecular complexity index is 926. The van der Waals surface area contributed by atoms with Crippen molar-refractivity contribution in [2.24, 2.45) is 7.05 Å². The highest BCUT2D eigenvalue weighted by atomic mass is 16.2. The Morgan fingerprint density at radius 1 is 1.26 bits per heavy atom. The first-order valence-electron chi connectivity index (χ1n) is 7.05. The first-order valence-corrected chi connectivity index (χ1v) is 7.05. The van der Waals surface area contributed by atoms with E-state index in [1.54, 1.807) is 27.7 Å². The summed E-state index contributed by atoms with van der Waals surface area (Å²) >= 11 is 0. The SMILES string of the molecule is Cn1ccc(-c2cc(C3CNC(=O)NC3=O)nn3ccnc23)n1. The van der Waals surface area contributed by atoms with E-state index in [1.165, 1.54) is 0 Å². The minimum atomic E-state index is -0.554. The molecule has 1 aliphatic rings. The third-order valence-corrected chi connectivity index (χ3v) is 3.74. The van der Waals surface area contributed by atoms with Gasteiger partial charge in [0.05, 0.1) is 17.3 Å². The van der Waals surface area contributed by atoms with E-state index in [0.29, 0.717) is 11.3 Å². The Balaban J connectivity index is 1.85. The second kappa shape index (κ2) is 4.90. The fraction of sp³-hybridized carbons (Fsp3) is 0.214. The third-order valence-electron chi connectivity index (χ3n) is 3.74. The lowest BCUT2D eigenvalue weighted by Gasteiger charge is -2.21. The first-order chi connectivity index (χ1) is 11.1. The number of nitrogens with zero attached hydrogens (tertiary/aromatic N) is 5. The van der Waals surface area contributed by atoms with Crippen molar-refractivity contribution in [2.75, 3.05) is 6.54 Å². The molecule has 1 aliphatic heterocycles. The molecule has 0 aliphatic carbocycles. The fourth-order valence-electron chi connectivity index (χ4n) is 2.62. The van der Waals surface area contributed by atoms with E-state index in [4.69, 9.17) is 0 Å². The van der Waals surface area contributed by atoms with E-state index < -0.39 is 11.9 Å². The van der Waals surface area contributed by atoms with Gasteiger partial charge in [-0.3, -0.25) is 14.8 Å². The van der Waals surface area contributed by atoms with Gasteiger partial charge in [-0.15, -0.1) is 0 Å². The maximum Gasteiger partial charge on any atom is 0.321 e. The molecule has 4 rings (SSSR count). The molecule has 23 heavy (non-hydrogen) atoms. The lowest BCUT2D eigenvalue weighted by molar-refractivity contribution is -0.122. The van der Waals surface area contributed by atoms with Gasteiger partial charge in [-0.1, -0.05) is 0 Å². The number of hydrogen-bond donors (Lipinski definition) is 2. The van der Waals surface area contributed by atoms with Gasteiger partial charge in [0, 0.05) is 37.7 Å². The van der Waals surface area contributed by atoms with Gasteiger partial charge in [0.2, 0.25) is 5.91 Å². The van der Waals surface area contributed by atoms with E-state index in [1.807, 2.05) is 19.3 Å². The minimum Gasteiger partial charge on any atom is -0.337 e. The topological polar surface area (TPSA) is 106 Å². The number of imide groups is 1. The molecule has 0 radical (unpaired) electrons. The van der Waals surface area contributed by atoms with Crippen molar-refractivity contribution in [3.8, 4) is 11.3 Å². The van der Waals surface area contributed by atoms with Crippen molar-refractivity contribution in [3.63, 3.8) is 0 Å². The average molecular weight is 311 g/mol. The van der Waals surface area contributed by atoms with Gasteiger partial charge in [0.15, 0.2) is 5.65 Å². The van der Waals surface area contributed by atoms with Crippen LogP contribution >= 0.6 is 0 Å². The molecule has 3 aromatic heterocycles. The summed E-state index contributed by atoms with van der Waals surface area (Å²) in [5, 5.41) is 13.7. The van der Waals surface area contributed by atoms with Crippen molar-refractivity contribution < 1.29 is 9.59 Å². The van der Waals surface area contributed by atoms with Crippen LogP contribution in [0.4, 0.5) is 4.79 Å². The van der Waals surface area contributed by atoms with Gasteiger partial charge >= 0.3 is 6.03 Å². The van der Waals surface area contributed by atoms with Crippen LogP contribution in [0.25, 0.3) is 16.9 Å². The lowest BCUT2D eigenvalue weighted by Crippen LogP contribution is -2.51. The number of fused-ring (bicyclic) bond motifs is 1. The normalized spacial score (nSPS) is 18.0. The first kappa shape index (κ1) is 13.4. The second-order valence-corrected chi connectivity index (χ2v) is 5.30. The van der Waals surface area contributed by atoms with Crippen LogP contribution in [0.3, 0.4) is 0 Å². The van der Waals surface area contributed by atoms with Crippen LogP contribution in [-0.4, -0.2) is 42.9 Å². The molecule has 1 unspecified atom stereocenters. The van der Waals surface area contributed by atoms with Crippen LogP contribution in [0.15, 0.2) is 30.7 Å². The molecule has 0 saturated carbocycles. The predicted molar refractivity (Wildman–Crippen MR) is 79.5 cm³/mol. The molecule has 3 amide bonds. The van der Waals surface area contributed by atoms with Crippen LogP contribution in [0, 0.1) is 0 Å². The summed E-state index contributed by atoms with van der Waals surface area (Å²) in [6.45, 7) is 0.208. The Morgan fingerprint density at radius 2 is 2.13 bits per heavy atom. The molecular formula is C14H13N7O2. The summed E-state index contributed by atoms with van der Waals surface area (Å²) in [4.78, 5) is 27.6. The minimum absolute atomic E-state index is 0.208. The van der Waals surface area contributed by atoms with E-state index in [-0.39, 0.29) is 12.5 Å². The molecule has 1 atom stereocenters. The second-order valence-electron chi connectivity index (χ2n) is 5.30. The standard InChI is InChI=1S/C14H13N7O2/c1-20-4-2-10(18-20)8-6-11(19-21-5-3-15-12(8)21)9-7-16-14(23)17-13(9)22/h2-6,9H,7H2,1H3,(H2,16,17,22,23). The van der Waals surface area contributed by atoms with E-state index in [2.05, 4.69) is 25.8 Å². The zero-order valence-corrected chi connectivity index (χ0v) is 12.2. The van der Waals surface area contributed by atoms with Crippen molar-refractivity contribution >= 4 is 17.6 Å². The van der Waals surface area contributed by atoms with Crippen molar-refractivity contribution in [3.05, 3.63) is 36.4 Å². The number of hydrogen-bond acceptors (Lipinski definition) is 5. The summed E-state index contributed by atoms with van der Waals surface area (Å²) in [6.07, 6.45) is 5.19. The smallest absolute Gasteiger partial charge is 0.321 e. The quantitative estimate of drug-likeness (QED) is 0.695. The number of urea groups is 1. The van der Waals surface area contributed by atoms with Crippen molar-refractivity contribution in [1.29, 1.82) is 0 Å². The molecule has 116 valence electrons. The molecule has 4 heterocycles. The van der Waals surface area contributed by atoms with Crippen LogP contribution in [0.5, 0.6) is 0 Å². The Hall–Kier alpha value is -3.23. The van der Waals surface area contributed by atoms with E-state index >= 15 is 0 Å². The predicted octanol–water partition coefficient (Wildman–Crippen LogP) is 0.0528. The molecule has 3 aromatic rings. The van der Waals surface area contributed by atoms with Crippen LogP contribution in [0.1, 0.15) is 11.6 Å². The number of carbonyl (C=O) groups is 2. The summed E-state index contributed by atoms with van der Waals surface area (Å²) in [5.41, 5.74) is 2.74. The molecule has 0 aromatic carbocycles. The highest BCUT2D eigenvalue weighted by molar-refractivity contribution is 6.00. The van der Waals surface area contributed by atoms with Crippen LogP contribution in [-0.2, 0) is 11.8 Å². The summed E-state index contributed by atoms with van der Waals surface area (Å²) < 4.78 is 3.31. The number of imidazole rings is 1. The number of aromatic nitrogens is 5. The summed E-state index contributed by atoms with van der Waals surface area (Å²) in [7, 11) is 1.83. The zero-order valence-electron chi connectivity index (χ0n) is 12.2. The number of nitrogens with one attached hydrogen (secondary N) is 2. The van der Waals surface area contributed by atoms with Crippen molar-refractivity contribution in [1.82, 2.24) is 35.0 Å². The monoisotopic (exact) mass is 311 g/mol. The lowest BCUT2D eigenvalue weighted by atomic mass is 10.0. The van der Waals surface area contributed by atoms with Crippen LogP contribution in [0.2, 0.25) is 0 Å². The maximum absolute atomic E-state index is 12.1. The zero-order chi connectivity index (χ0) is 16.0. The maximum atomic E-state index is 12.1. The molecular weight excluding hydrogens is 298 g/mol. The Kier molecular flexibility index (Phi) is 2.86. The summed E-state index contributed by atoms with van der Waals surface area (Å²) in [5.74, 6) is -0.922. The van der Waals surface area contributed by atoms with E-state index in [0.717, 1.165) is 11.3 Å². The van der Waals surface area contributed by atoms with Gasteiger partial charge < -0.3 is 5.32 Å². The molecule has 0 bridgehead atoms. The molecule has 1 saturated heterocycles. The van der Waals surface area contributed by atoms with E-state index in [9.17, 15) is 9.59 Å². The number of amides is 3. The molecule has 1 fully saturated rings. The molecule has 9 heteroatoms. The third kappa shape index (κ3) is 2.22. The molecule has 9 nitrogen and oxygen atoms in total. The fourth-order valence-corrected chi connectivity index (χ4v) is 2.62. The van der Waals surface area contributed by atoms with Gasteiger partial charge in [-0.25, -0.2) is 14.3 Å². The molecule has 2 N–H and O–H groups in total. The van der Waals surface area contributed by atoms with Crippen molar-refractivity contribution in [2.45, 2.75) is 5.92 Å². The number of aryl methyl sites for hydroxylation is 1. The van der Waals surface area contributed by atoms with Gasteiger partial charge in [-0.2, -0.15) is 10.2 Å².